The maximum Gasteiger partial charge on any atom is 0.418 e. The molecule has 158 valence electrons. The summed E-state index contributed by atoms with van der Waals surface area (Å²) in [6.45, 7) is -0.316. The van der Waals surface area contributed by atoms with Gasteiger partial charge in [0.2, 0.25) is 0 Å². The van der Waals surface area contributed by atoms with Crippen molar-refractivity contribution in [2.24, 2.45) is 0 Å². The second-order valence-corrected chi connectivity index (χ2v) is 7.18. The molecule has 3 aromatic rings. The Morgan fingerprint density at radius 2 is 1.83 bits per heavy atom. The molecule has 30 heavy (non-hydrogen) atoms. The first-order valence-electron chi connectivity index (χ1n) is 8.82. The van der Waals surface area contributed by atoms with Gasteiger partial charge in [0.25, 0.3) is 5.91 Å². The molecule has 0 saturated carbocycles. The van der Waals surface area contributed by atoms with E-state index in [4.69, 9.17) is 5.11 Å². The van der Waals surface area contributed by atoms with Crippen LogP contribution in [0.25, 0.3) is 0 Å². The van der Waals surface area contributed by atoms with Crippen LogP contribution in [0.15, 0.2) is 53.9 Å². The first kappa shape index (κ1) is 21.8. The van der Waals surface area contributed by atoms with E-state index in [9.17, 15) is 23.1 Å². The Labute approximate surface area is 174 Å². The van der Waals surface area contributed by atoms with Crippen molar-refractivity contribution in [2.75, 3.05) is 17.2 Å². The van der Waals surface area contributed by atoms with E-state index in [2.05, 4.69) is 15.6 Å². The average molecular weight is 437 g/mol. The molecule has 1 aromatic heterocycles. The van der Waals surface area contributed by atoms with E-state index in [0.29, 0.717) is 11.1 Å². The minimum Gasteiger partial charge on any atom is -0.393 e. The fourth-order valence-electron chi connectivity index (χ4n) is 2.62. The quantitative estimate of drug-likeness (QED) is 0.447. The van der Waals surface area contributed by atoms with Crippen molar-refractivity contribution < 1.29 is 28.2 Å². The lowest BCUT2D eigenvalue weighted by Crippen LogP contribution is -2.13. The van der Waals surface area contributed by atoms with Gasteiger partial charge in [0, 0.05) is 23.2 Å². The second-order valence-electron chi connectivity index (χ2n) is 6.32. The Bertz CT molecular complexity index is 1010. The molecule has 0 radical (unpaired) electrons. The highest BCUT2D eigenvalue weighted by Crippen LogP contribution is 2.34. The number of aliphatic hydroxyl groups excluding tert-OH is 2. The molecule has 1 amide bonds. The molecule has 0 bridgehead atoms. The molecule has 1 heterocycles. The molecule has 3 rings (SSSR count). The summed E-state index contributed by atoms with van der Waals surface area (Å²) in [4.78, 5) is 16.3. The topological polar surface area (TPSA) is 94.5 Å². The van der Waals surface area contributed by atoms with E-state index < -0.39 is 30.4 Å². The molecule has 1 unspecified atom stereocenters. The zero-order valence-corrected chi connectivity index (χ0v) is 16.3. The maximum atomic E-state index is 13.0. The zero-order chi connectivity index (χ0) is 21.7. The standard InChI is InChI=1S/C20H18F3N3O3S/c21-20(22,23)14-3-1-2-4-15(14)24-9-12-5-7-13(8-6-12)18(29)26-19-25-16(11-30-19)17(28)10-27/h1-8,11,17,24,27-28H,9-10H2,(H,25,26,29). The number of carbonyl (C=O) groups is 1. The number of para-hydroxylation sites is 1. The SMILES string of the molecule is O=C(Nc1nc(C(O)CO)cs1)c1ccc(CNc2ccccc2C(F)(F)F)cc1. The maximum absolute atomic E-state index is 13.0. The highest BCUT2D eigenvalue weighted by Gasteiger charge is 2.33. The van der Waals surface area contributed by atoms with Gasteiger partial charge < -0.3 is 15.5 Å². The summed E-state index contributed by atoms with van der Waals surface area (Å²) in [5, 5.41) is 25.6. The lowest BCUT2D eigenvalue weighted by atomic mass is 10.1. The summed E-state index contributed by atoms with van der Waals surface area (Å²) >= 11 is 1.11. The van der Waals surface area contributed by atoms with Crippen molar-refractivity contribution in [3.63, 3.8) is 0 Å². The van der Waals surface area contributed by atoms with Gasteiger partial charge in [0.05, 0.1) is 17.9 Å². The highest BCUT2D eigenvalue weighted by molar-refractivity contribution is 7.14. The van der Waals surface area contributed by atoms with Crippen LogP contribution in [0, 0.1) is 0 Å². The summed E-state index contributed by atoms with van der Waals surface area (Å²) in [5.41, 5.74) is 0.546. The second kappa shape index (κ2) is 9.24. The van der Waals surface area contributed by atoms with Crippen LogP contribution in [-0.2, 0) is 12.7 Å². The van der Waals surface area contributed by atoms with E-state index in [1.165, 1.54) is 23.6 Å². The summed E-state index contributed by atoms with van der Waals surface area (Å²) < 4.78 is 39.1. The molecule has 2 aromatic carbocycles. The van der Waals surface area contributed by atoms with Crippen molar-refractivity contribution >= 4 is 28.1 Å². The van der Waals surface area contributed by atoms with Gasteiger partial charge in [0.1, 0.15) is 6.10 Å². The van der Waals surface area contributed by atoms with Crippen molar-refractivity contribution in [1.29, 1.82) is 0 Å². The first-order chi connectivity index (χ1) is 14.3. The molecule has 0 fully saturated rings. The molecular formula is C20H18F3N3O3S. The van der Waals surface area contributed by atoms with E-state index in [1.54, 1.807) is 24.3 Å². The number of aliphatic hydroxyl groups is 2. The summed E-state index contributed by atoms with van der Waals surface area (Å²) in [6, 6.07) is 11.6. The number of benzene rings is 2. The number of amides is 1. The van der Waals surface area contributed by atoms with Crippen molar-refractivity contribution in [2.45, 2.75) is 18.8 Å². The number of rotatable bonds is 7. The Balaban J connectivity index is 1.61. The molecule has 0 aliphatic carbocycles. The van der Waals surface area contributed by atoms with Crippen LogP contribution in [0.5, 0.6) is 0 Å². The lowest BCUT2D eigenvalue weighted by molar-refractivity contribution is -0.137. The van der Waals surface area contributed by atoms with Crippen LogP contribution in [0.1, 0.15) is 33.3 Å². The molecule has 4 N–H and O–H groups in total. The fraction of sp³-hybridized carbons (Fsp3) is 0.200. The van der Waals surface area contributed by atoms with Crippen LogP contribution in [0.3, 0.4) is 0 Å². The number of anilines is 2. The van der Waals surface area contributed by atoms with Crippen molar-refractivity contribution in [3.8, 4) is 0 Å². The number of nitrogens with zero attached hydrogens (tertiary/aromatic N) is 1. The summed E-state index contributed by atoms with van der Waals surface area (Å²) in [6.07, 6.45) is -5.56. The van der Waals surface area contributed by atoms with Gasteiger partial charge in [-0.2, -0.15) is 13.2 Å². The van der Waals surface area contributed by atoms with Gasteiger partial charge in [-0.05, 0) is 29.8 Å². The minimum atomic E-state index is -4.45. The van der Waals surface area contributed by atoms with Gasteiger partial charge >= 0.3 is 6.18 Å². The number of nitrogens with one attached hydrogen (secondary N) is 2. The zero-order valence-electron chi connectivity index (χ0n) is 15.5. The summed E-state index contributed by atoms with van der Waals surface area (Å²) in [5.74, 6) is -0.420. The molecule has 10 heteroatoms. The van der Waals surface area contributed by atoms with Crippen molar-refractivity contribution in [3.05, 3.63) is 76.3 Å². The van der Waals surface area contributed by atoms with Gasteiger partial charge in [-0.3, -0.25) is 10.1 Å². The minimum absolute atomic E-state index is 0.0172. The third-order valence-corrected chi connectivity index (χ3v) is 4.96. The molecule has 0 aliphatic heterocycles. The van der Waals surface area contributed by atoms with Crippen LogP contribution in [0.2, 0.25) is 0 Å². The number of hydrogen-bond donors (Lipinski definition) is 4. The van der Waals surface area contributed by atoms with Crippen LogP contribution >= 0.6 is 11.3 Å². The smallest absolute Gasteiger partial charge is 0.393 e. The largest absolute Gasteiger partial charge is 0.418 e. The lowest BCUT2D eigenvalue weighted by Gasteiger charge is -2.14. The monoisotopic (exact) mass is 437 g/mol. The molecule has 0 spiro atoms. The number of halogens is 3. The Kier molecular flexibility index (Phi) is 6.70. The normalized spacial score (nSPS) is 12.4. The molecular weight excluding hydrogens is 419 g/mol. The van der Waals surface area contributed by atoms with Gasteiger partial charge in [-0.25, -0.2) is 4.98 Å². The predicted molar refractivity (Wildman–Crippen MR) is 107 cm³/mol. The molecule has 0 saturated heterocycles. The van der Waals surface area contributed by atoms with Crippen molar-refractivity contribution in [1.82, 2.24) is 4.98 Å². The number of thiazole rings is 1. The average Bonchev–Trinajstić information content (AvgIpc) is 3.20. The van der Waals surface area contributed by atoms with E-state index in [1.807, 2.05) is 0 Å². The third-order valence-electron chi connectivity index (χ3n) is 4.19. The van der Waals surface area contributed by atoms with Gasteiger partial charge in [-0.1, -0.05) is 24.3 Å². The Morgan fingerprint density at radius 1 is 1.13 bits per heavy atom. The molecule has 1 atom stereocenters. The molecule has 0 aliphatic rings. The fourth-order valence-corrected chi connectivity index (χ4v) is 3.37. The van der Waals surface area contributed by atoms with Gasteiger partial charge in [0.15, 0.2) is 5.13 Å². The van der Waals surface area contributed by atoms with E-state index in [0.717, 1.165) is 17.4 Å². The van der Waals surface area contributed by atoms with E-state index >= 15 is 0 Å². The van der Waals surface area contributed by atoms with Gasteiger partial charge in [-0.15, -0.1) is 11.3 Å². The number of carbonyl (C=O) groups excluding carboxylic acids is 1. The number of alkyl halides is 3. The summed E-state index contributed by atoms with van der Waals surface area (Å²) in [7, 11) is 0. The Morgan fingerprint density at radius 3 is 2.50 bits per heavy atom. The predicted octanol–water partition coefficient (Wildman–Crippen LogP) is 4.05. The van der Waals surface area contributed by atoms with Crippen LogP contribution in [0.4, 0.5) is 24.0 Å². The number of hydrogen-bond acceptors (Lipinski definition) is 6. The first-order valence-corrected chi connectivity index (χ1v) is 9.70. The van der Waals surface area contributed by atoms with Crippen LogP contribution < -0.4 is 10.6 Å². The third kappa shape index (κ3) is 5.35. The molecule has 6 nitrogen and oxygen atoms in total. The van der Waals surface area contributed by atoms with E-state index in [-0.39, 0.29) is 23.1 Å². The highest BCUT2D eigenvalue weighted by atomic mass is 32.1. The Hall–Kier alpha value is -2.95. The van der Waals surface area contributed by atoms with Crippen LogP contribution in [-0.4, -0.2) is 27.7 Å². The number of aromatic nitrogens is 1.